The molecule has 0 aliphatic heterocycles. The van der Waals surface area contributed by atoms with Crippen molar-refractivity contribution in [2.24, 2.45) is 0 Å². The van der Waals surface area contributed by atoms with Gasteiger partial charge in [0.1, 0.15) is 5.76 Å². The molecule has 146 valence electrons. The van der Waals surface area contributed by atoms with Crippen molar-refractivity contribution >= 4 is 23.5 Å². The number of aliphatic hydroxyl groups excluding tert-OH is 1. The van der Waals surface area contributed by atoms with Gasteiger partial charge in [0.05, 0.1) is 11.1 Å². The summed E-state index contributed by atoms with van der Waals surface area (Å²) in [6, 6.07) is 0. The Morgan fingerprint density at radius 1 is 0.571 bits per heavy atom. The highest BCUT2D eigenvalue weighted by Crippen LogP contribution is 2.41. The lowest BCUT2D eigenvalue weighted by molar-refractivity contribution is -0.109. The zero-order valence-corrected chi connectivity index (χ0v) is 18.6. The predicted octanol–water partition coefficient (Wildman–Crippen LogP) is 4.58. The molecule has 0 atom stereocenters. The Bertz CT molecular complexity index is 1160. The molecular weight excluding hydrogens is 344 g/mol. The summed E-state index contributed by atoms with van der Waals surface area (Å²) < 4.78 is 0. The minimum absolute atomic E-state index is 0.0619. The van der Waals surface area contributed by atoms with Gasteiger partial charge in [-0.1, -0.05) is 6.58 Å². The highest BCUT2D eigenvalue weighted by molar-refractivity contribution is 6.52. The Hall–Kier alpha value is -2.61. The van der Waals surface area contributed by atoms with E-state index in [1.54, 1.807) is 0 Å². The molecule has 0 heterocycles. The van der Waals surface area contributed by atoms with Crippen LogP contribution in [0.15, 0.2) is 5.76 Å². The number of allylic oxidation sites excluding steroid dienone is 2. The van der Waals surface area contributed by atoms with Crippen LogP contribution in [0.3, 0.4) is 0 Å². The van der Waals surface area contributed by atoms with Crippen molar-refractivity contribution in [2.75, 3.05) is 0 Å². The minimum atomic E-state index is -0.0619. The van der Waals surface area contributed by atoms with E-state index in [-0.39, 0.29) is 11.5 Å². The third-order valence-corrected chi connectivity index (χ3v) is 7.21. The van der Waals surface area contributed by atoms with E-state index in [0.717, 1.165) is 49.4 Å². The third kappa shape index (κ3) is 2.44. The lowest BCUT2D eigenvalue weighted by Gasteiger charge is -2.28. The van der Waals surface area contributed by atoms with Crippen LogP contribution in [0.1, 0.15) is 55.6 Å². The number of ketones is 1. The van der Waals surface area contributed by atoms with Gasteiger partial charge in [-0.25, -0.2) is 0 Å². The van der Waals surface area contributed by atoms with Gasteiger partial charge in [0.15, 0.2) is 0 Å². The fraction of sp³-hybridized carbons (Fsp3) is 0.346. The van der Waals surface area contributed by atoms with Gasteiger partial charge in [0.2, 0.25) is 5.78 Å². The molecule has 1 aliphatic rings. The zero-order valence-electron chi connectivity index (χ0n) is 18.6. The van der Waals surface area contributed by atoms with Crippen molar-refractivity contribution in [3.63, 3.8) is 0 Å². The van der Waals surface area contributed by atoms with Crippen molar-refractivity contribution < 1.29 is 9.90 Å². The van der Waals surface area contributed by atoms with Crippen molar-refractivity contribution in [1.29, 1.82) is 0 Å². The van der Waals surface area contributed by atoms with Crippen molar-refractivity contribution in [1.82, 2.24) is 0 Å². The van der Waals surface area contributed by atoms with E-state index in [0.29, 0.717) is 11.1 Å². The molecule has 2 heteroatoms. The predicted molar refractivity (Wildman–Crippen MR) is 118 cm³/mol. The van der Waals surface area contributed by atoms with Crippen LogP contribution in [0, 0.1) is 62.3 Å². The van der Waals surface area contributed by atoms with E-state index >= 15 is 0 Å². The van der Waals surface area contributed by atoms with E-state index in [1.165, 1.54) is 16.7 Å². The molecule has 0 fully saturated rings. The second-order valence-corrected chi connectivity index (χ2v) is 8.28. The molecule has 2 aromatic rings. The van der Waals surface area contributed by atoms with E-state index in [2.05, 4.69) is 27.4 Å². The normalized spacial score (nSPS) is 14.0. The van der Waals surface area contributed by atoms with Crippen LogP contribution in [0.5, 0.6) is 0 Å². The lowest BCUT2D eigenvalue weighted by atomic mass is 9.75. The Kier molecular flexibility index (Phi) is 4.66. The van der Waals surface area contributed by atoms with Crippen molar-refractivity contribution in [2.45, 2.75) is 62.3 Å². The van der Waals surface area contributed by atoms with Crippen molar-refractivity contribution in [3.8, 4) is 0 Å². The summed E-state index contributed by atoms with van der Waals surface area (Å²) in [5.74, 6) is 0.0637. The second-order valence-electron chi connectivity index (χ2n) is 8.28. The topological polar surface area (TPSA) is 37.3 Å². The van der Waals surface area contributed by atoms with Crippen LogP contribution in [0.4, 0.5) is 0 Å². The fourth-order valence-electron chi connectivity index (χ4n) is 4.51. The van der Waals surface area contributed by atoms with Crippen LogP contribution in [-0.4, -0.2) is 10.9 Å². The molecule has 0 radical (unpaired) electrons. The average Bonchev–Trinajstić information content (AvgIpc) is 2.68. The summed E-state index contributed by atoms with van der Waals surface area (Å²) in [6.45, 7) is 22.6. The molecule has 0 aromatic heterocycles. The smallest absolute Gasteiger partial charge is 0.201 e. The second kappa shape index (κ2) is 6.48. The van der Waals surface area contributed by atoms with Gasteiger partial charge in [0, 0.05) is 0 Å². The molecule has 0 unspecified atom stereocenters. The fourth-order valence-corrected chi connectivity index (χ4v) is 4.51. The van der Waals surface area contributed by atoms with Crippen LogP contribution in [0.25, 0.3) is 17.7 Å². The summed E-state index contributed by atoms with van der Waals surface area (Å²) in [5.41, 5.74) is 11.8. The first-order valence-corrected chi connectivity index (χ1v) is 9.78. The first kappa shape index (κ1) is 20.1. The van der Waals surface area contributed by atoms with Gasteiger partial charge in [-0.2, -0.15) is 0 Å². The Labute approximate surface area is 167 Å². The number of rotatable bonds is 1. The maximum atomic E-state index is 13.3. The molecule has 0 saturated carbocycles. The van der Waals surface area contributed by atoms with Gasteiger partial charge in [0.25, 0.3) is 0 Å². The van der Waals surface area contributed by atoms with E-state index in [4.69, 9.17) is 0 Å². The maximum absolute atomic E-state index is 13.3. The number of hydrogen-bond acceptors (Lipinski definition) is 2. The Balaban J connectivity index is 2.45. The van der Waals surface area contributed by atoms with Gasteiger partial charge >= 0.3 is 0 Å². The largest absolute Gasteiger partial charge is 0.506 e. The summed E-state index contributed by atoms with van der Waals surface area (Å²) in [6.07, 6.45) is 0. The van der Waals surface area contributed by atoms with E-state index < -0.39 is 0 Å². The number of aliphatic hydroxyl groups is 1. The standard InChI is InChI=1S/C26H30O2/c1-11-13(3)17(7)21(18(8)14(11)4)23-25(27)24(26(23)28)22-19(9)15(5)12(2)16(6)20(22)10/h27H,1H2,2-10H3. The number of Topliss-reactive ketones (excluding diaryl/α,β-unsaturated/α-hetero) is 1. The molecule has 2 aromatic carbocycles. The number of carbonyl (C=O) groups excluding carboxylic acids is 1. The minimum Gasteiger partial charge on any atom is -0.506 e. The first-order chi connectivity index (χ1) is 12.9. The van der Waals surface area contributed by atoms with E-state index in [1.807, 2.05) is 41.5 Å². The third-order valence-electron chi connectivity index (χ3n) is 7.21. The number of carbonyl (C=O) groups is 1. The van der Waals surface area contributed by atoms with Gasteiger partial charge < -0.3 is 5.11 Å². The molecule has 1 N–H and O–H groups in total. The molecule has 0 bridgehead atoms. The van der Waals surface area contributed by atoms with Crippen LogP contribution < -0.4 is 10.4 Å². The van der Waals surface area contributed by atoms with Gasteiger partial charge in [-0.3, -0.25) is 4.79 Å². The lowest BCUT2D eigenvalue weighted by Crippen LogP contribution is -2.33. The maximum Gasteiger partial charge on any atom is 0.201 e. The number of benzene rings is 2. The Morgan fingerprint density at radius 3 is 1.36 bits per heavy atom. The van der Waals surface area contributed by atoms with Gasteiger partial charge in [-0.05, 0) is 128 Å². The summed E-state index contributed by atoms with van der Waals surface area (Å²) in [4.78, 5) is 13.3. The van der Waals surface area contributed by atoms with Gasteiger partial charge in [-0.15, -0.1) is 0 Å². The highest BCUT2D eigenvalue weighted by Gasteiger charge is 2.38. The molecule has 3 rings (SSSR count). The average molecular weight is 375 g/mol. The molecule has 0 spiro atoms. The van der Waals surface area contributed by atoms with Crippen LogP contribution in [-0.2, 0) is 4.79 Å². The SMILES string of the molecule is C=c1c(C)c(C)c(=C2C(=O)C(c3c(C)c(C)c(C)c(C)c3C)=C2O)c(C)c1C. The molecule has 28 heavy (non-hydrogen) atoms. The summed E-state index contributed by atoms with van der Waals surface area (Å²) in [5, 5.41) is 12.9. The quantitative estimate of drug-likeness (QED) is 0.794. The monoisotopic (exact) mass is 374 g/mol. The zero-order chi connectivity index (χ0) is 21.2. The molecule has 2 nitrogen and oxygen atoms in total. The number of hydrogen-bond donors (Lipinski definition) is 1. The molecule has 0 saturated heterocycles. The first-order valence-electron chi connectivity index (χ1n) is 9.78. The highest BCUT2D eigenvalue weighted by atomic mass is 16.3. The summed E-state index contributed by atoms with van der Waals surface area (Å²) >= 11 is 0. The molecule has 1 aliphatic carbocycles. The van der Waals surface area contributed by atoms with Crippen molar-refractivity contribution in [3.05, 3.63) is 71.8 Å². The molecule has 0 amide bonds. The van der Waals surface area contributed by atoms with E-state index in [9.17, 15) is 9.90 Å². The van der Waals surface area contributed by atoms with Crippen LogP contribution >= 0.6 is 0 Å². The summed E-state index contributed by atoms with van der Waals surface area (Å²) in [7, 11) is 0. The molecular formula is C26H30O2. The Morgan fingerprint density at radius 2 is 0.964 bits per heavy atom. The van der Waals surface area contributed by atoms with Crippen LogP contribution in [0.2, 0.25) is 0 Å².